The summed E-state index contributed by atoms with van der Waals surface area (Å²) in [7, 11) is 1.72. The van der Waals surface area contributed by atoms with E-state index in [4.69, 9.17) is 4.74 Å². The molecule has 3 rings (SSSR count). The average molecular weight is 268 g/mol. The van der Waals surface area contributed by atoms with Crippen molar-refractivity contribution in [2.24, 2.45) is 0 Å². The maximum Gasteiger partial charge on any atom is 0.137 e. The van der Waals surface area contributed by atoms with Gasteiger partial charge in [0, 0.05) is 19.2 Å². The summed E-state index contributed by atoms with van der Waals surface area (Å²) in [6, 6.07) is 4.09. The summed E-state index contributed by atoms with van der Waals surface area (Å²) in [6.07, 6.45) is 12.2. The number of rotatable bonds is 3. The number of aromatic amines is 1. The van der Waals surface area contributed by atoms with Crippen LogP contribution in [0.5, 0.6) is 0 Å². The number of hydrogen-bond acceptors (Lipinski definition) is 2. The number of allylic oxidation sites excluding steroid dienone is 5. The number of fused-ring (bicyclic) bond motifs is 1. The number of pyridine rings is 1. The van der Waals surface area contributed by atoms with E-state index in [9.17, 15) is 0 Å². The van der Waals surface area contributed by atoms with Crippen molar-refractivity contribution < 1.29 is 6.16 Å². The fourth-order valence-corrected chi connectivity index (χ4v) is 2.52. The Morgan fingerprint density at radius 3 is 3.15 bits per heavy atom. The van der Waals surface area contributed by atoms with Crippen LogP contribution in [0.2, 0.25) is 0 Å². The van der Waals surface area contributed by atoms with Crippen LogP contribution in [0.15, 0.2) is 59.7 Å². The maximum atomic E-state index is 5.40. The molecule has 2 aromatic rings. The van der Waals surface area contributed by atoms with Gasteiger partial charge in [-0.2, -0.15) is 0 Å². The van der Waals surface area contributed by atoms with Crippen LogP contribution in [-0.2, 0) is 11.2 Å². The van der Waals surface area contributed by atoms with E-state index in [1.54, 1.807) is 7.11 Å². The minimum atomic E-state index is 0. The lowest BCUT2D eigenvalue weighted by atomic mass is 10.0. The van der Waals surface area contributed by atoms with E-state index in [1.165, 1.54) is 22.1 Å². The van der Waals surface area contributed by atoms with E-state index in [1.807, 2.05) is 12.3 Å². The van der Waals surface area contributed by atoms with Gasteiger partial charge in [0.15, 0.2) is 0 Å². The number of ether oxygens (including phenoxy) is 1. The van der Waals surface area contributed by atoms with Crippen LogP contribution in [0.25, 0.3) is 11.0 Å². The molecule has 0 atom stereocenters. The van der Waals surface area contributed by atoms with Crippen LogP contribution in [0.4, 0.5) is 0 Å². The molecule has 3 nitrogen and oxygen atoms in total. The van der Waals surface area contributed by atoms with Gasteiger partial charge in [-0.1, -0.05) is 17.2 Å². The molecule has 2 aromatic heterocycles. The van der Waals surface area contributed by atoms with E-state index in [2.05, 4.69) is 47.4 Å². The van der Waals surface area contributed by atoms with Crippen molar-refractivity contribution in [3.63, 3.8) is 0 Å². The van der Waals surface area contributed by atoms with Crippen LogP contribution in [-0.4, -0.2) is 17.1 Å². The largest absolute Gasteiger partial charge is 0.497 e. The van der Waals surface area contributed by atoms with Gasteiger partial charge >= 0.3 is 0 Å². The number of H-pyrrole nitrogens is 1. The highest BCUT2D eigenvalue weighted by molar-refractivity contribution is 5.79. The molecule has 0 unspecified atom stereocenters. The van der Waals surface area contributed by atoms with Gasteiger partial charge in [0.1, 0.15) is 11.4 Å². The summed E-state index contributed by atoms with van der Waals surface area (Å²) in [5.74, 6) is 0.921. The average Bonchev–Trinajstić information content (AvgIpc) is 2.77. The molecule has 0 fully saturated rings. The molecular formula is C17H20N2O. The van der Waals surface area contributed by atoms with Gasteiger partial charge in [-0.3, -0.25) is 0 Å². The molecule has 20 heavy (non-hydrogen) atoms. The lowest BCUT2D eigenvalue weighted by Crippen LogP contribution is -1.91. The van der Waals surface area contributed by atoms with Crippen LogP contribution in [0, 0.1) is 0 Å². The lowest BCUT2D eigenvalue weighted by Gasteiger charge is -2.05. The van der Waals surface area contributed by atoms with Gasteiger partial charge in [0.2, 0.25) is 0 Å². The Kier molecular flexibility index (Phi) is 3.42. The Bertz CT molecular complexity index is 725. The SMILES string of the molecule is COC1=CC(C)=CCC(Cc2c[nH]c3ncccc23)=C1.[HH]. The predicted molar refractivity (Wildman–Crippen MR) is 83.5 cm³/mol. The zero-order valence-electron chi connectivity index (χ0n) is 11.8. The van der Waals surface area contributed by atoms with Crippen LogP contribution in [0.3, 0.4) is 0 Å². The van der Waals surface area contributed by atoms with E-state index in [0.717, 1.165) is 24.2 Å². The van der Waals surface area contributed by atoms with Crippen molar-refractivity contribution in [2.45, 2.75) is 19.8 Å². The highest BCUT2D eigenvalue weighted by Gasteiger charge is 2.09. The molecule has 1 aliphatic rings. The summed E-state index contributed by atoms with van der Waals surface area (Å²) in [5, 5.41) is 1.20. The molecule has 0 bridgehead atoms. The molecule has 104 valence electrons. The van der Waals surface area contributed by atoms with Crippen LogP contribution >= 0.6 is 0 Å². The standard InChI is InChI=1S/C17H18N2O.H2/c1-12-5-6-13(10-15(8-12)20-2)9-14-11-19-17-16(14)4-3-7-18-17;/h3-5,7-8,10-11H,6,9H2,1-2H3,(H,18,19);1H. The molecule has 0 aromatic carbocycles. The summed E-state index contributed by atoms with van der Waals surface area (Å²) in [4.78, 5) is 7.56. The number of hydrogen-bond donors (Lipinski definition) is 1. The second kappa shape index (κ2) is 5.37. The van der Waals surface area contributed by atoms with Crippen molar-refractivity contribution in [1.82, 2.24) is 9.97 Å². The van der Waals surface area contributed by atoms with E-state index in [-0.39, 0.29) is 1.43 Å². The molecule has 0 saturated carbocycles. The Morgan fingerprint density at radius 1 is 1.40 bits per heavy atom. The summed E-state index contributed by atoms with van der Waals surface area (Å²) >= 11 is 0. The first kappa shape index (κ1) is 12.7. The van der Waals surface area contributed by atoms with Crippen LogP contribution < -0.4 is 0 Å². The minimum absolute atomic E-state index is 0. The number of aromatic nitrogens is 2. The molecule has 0 spiro atoms. The van der Waals surface area contributed by atoms with Gasteiger partial charge in [0.25, 0.3) is 0 Å². The normalized spacial score (nSPS) is 15.4. The Morgan fingerprint density at radius 2 is 2.30 bits per heavy atom. The molecule has 0 radical (unpaired) electrons. The first-order valence-corrected chi connectivity index (χ1v) is 6.79. The molecular weight excluding hydrogens is 248 g/mol. The van der Waals surface area contributed by atoms with Gasteiger partial charge in [-0.25, -0.2) is 4.98 Å². The third-order valence-electron chi connectivity index (χ3n) is 3.59. The highest BCUT2D eigenvalue weighted by atomic mass is 16.5. The first-order chi connectivity index (χ1) is 9.76. The molecule has 0 saturated heterocycles. The zero-order chi connectivity index (χ0) is 13.9. The molecule has 0 aliphatic heterocycles. The zero-order valence-corrected chi connectivity index (χ0v) is 11.8. The Hall–Kier alpha value is -2.29. The molecule has 0 amide bonds. The van der Waals surface area contributed by atoms with Crippen molar-refractivity contribution >= 4 is 11.0 Å². The van der Waals surface area contributed by atoms with Crippen molar-refractivity contribution in [3.05, 3.63) is 65.2 Å². The third kappa shape index (κ3) is 2.52. The molecule has 3 heteroatoms. The van der Waals surface area contributed by atoms with E-state index in [0.29, 0.717) is 0 Å². The van der Waals surface area contributed by atoms with Crippen molar-refractivity contribution in [2.75, 3.05) is 7.11 Å². The summed E-state index contributed by atoms with van der Waals surface area (Å²) < 4.78 is 5.40. The summed E-state index contributed by atoms with van der Waals surface area (Å²) in [6.45, 7) is 2.10. The molecule has 1 aliphatic carbocycles. The second-order valence-corrected chi connectivity index (χ2v) is 5.10. The van der Waals surface area contributed by atoms with Gasteiger partial charge in [0.05, 0.1) is 7.11 Å². The Labute approximate surface area is 120 Å². The summed E-state index contributed by atoms with van der Waals surface area (Å²) in [5.41, 5.74) is 4.82. The smallest absolute Gasteiger partial charge is 0.137 e. The fourth-order valence-electron chi connectivity index (χ4n) is 2.52. The molecule has 2 heterocycles. The fraction of sp³-hybridized carbons (Fsp3) is 0.235. The highest BCUT2D eigenvalue weighted by Crippen LogP contribution is 2.24. The monoisotopic (exact) mass is 268 g/mol. The Balaban J connectivity index is 0.00000161. The first-order valence-electron chi connectivity index (χ1n) is 6.79. The number of nitrogens with one attached hydrogen (secondary N) is 1. The van der Waals surface area contributed by atoms with Crippen LogP contribution in [0.1, 0.15) is 20.3 Å². The van der Waals surface area contributed by atoms with Gasteiger partial charge in [-0.05, 0) is 49.6 Å². The van der Waals surface area contributed by atoms with Crippen molar-refractivity contribution in [1.29, 1.82) is 0 Å². The lowest BCUT2D eigenvalue weighted by molar-refractivity contribution is 0.306. The van der Waals surface area contributed by atoms with E-state index >= 15 is 0 Å². The van der Waals surface area contributed by atoms with E-state index < -0.39 is 0 Å². The maximum absolute atomic E-state index is 5.40. The minimum Gasteiger partial charge on any atom is -0.497 e. The van der Waals surface area contributed by atoms with Crippen molar-refractivity contribution in [3.8, 4) is 0 Å². The third-order valence-corrected chi connectivity index (χ3v) is 3.59. The second-order valence-electron chi connectivity index (χ2n) is 5.10. The quantitative estimate of drug-likeness (QED) is 0.907. The number of methoxy groups -OCH3 is 1. The topological polar surface area (TPSA) is 37.9 Å². The van der Waals surface area contributed by atoms with Gasteiger partial charge < -0.3 is 9.72 Å². The molecule has 1 N–H and O–H groups in total. The number of nitrogens with zero attached hydrogens (tertiary/aromatic N) is 1. The van der Waals surface area contributed by atoms with Gasteiger partial charge in [-0.15, -0.1) is 0 Å². The predicted octanol–water partition coefficient (Wildman–Crippen LogP) is 4.16.